The van der Waals surface area contributed by atoms with Crippen LogP contribution in [0, 0.1) is 0 Å². The maximum absolute atomic E-state index is 12.7. The highest BCUT2D eigenvalue weighted by Gasteiger charge is 2.25. The van der Waals surface area contributed by atoms with E-state index in [0.29, 0.717) is 21.9 Å². The number of sulfonamides is 1. The Hall–Kier alpha value is -2.50. The van der Waals surface area contributed by atoms with Crippen molar-refractivity contribution in [2.24, 2.45) is 0 Å². The molecule has 0 fully saturated rings. The SMILES string of the molecule is CCCOc1ccc(-c2csc(NC(=O)c3ccc(Cl)c(S(=O)(=O)N(C)OC)c3)n2)cc1. The molecule has 2 aromatic carbocycles. The van der Waals surface area contributed by atoms with Crippen molar-refractivity contribution in [3.63, 3.8) is 0 Å². The topological polar surface area (TPSA) is 97.8 Å². The van der Waals surface area contributed by atoms with Gasteiger partial charge in [0.15, 0.2) is 5.13 Å². The van der Waals surface area contributed by atoms with Gasteiger partial charge in [0.1, 0.15) is 10.6 Å². The van der Waals surface area contributed by atoms with Crippen molar-refractivity contribution in [2.75, 3.05) is 26.1 Å². The molecule has 0 spiro atoms. The molecule has 1 aromatic heterocycles. The number of rotatable bonds is 9. The minimum atomic E-state index is -4.01. The van der Waals surface area contributed by atoms with Crippen LogP contribution in [0.3, 0.4) is 0 Å². The van der Waals surface area contributed by atoms with E-state index in [1.54, 1.807) is 0 Å². The van der Waals surface area contributed by atoms with Crippen molar-refractivity contribution < 1.29 is 22.8 Å². The van der Waals surface area contributed by atoms with Gasteiger partial charge in [-0.25, -0.2) is 13.4 Å². The van der Waals surface area contributed by atoms with Gasteiger partial charge in [-0.1, -0.05) is 23.0 Å². The van der Waals surface area contributed by atoms with E-state index in [0.717, 1.165) is 17.7 Å². The molecule has 0 unspecified atom stereocenters. The molecule has 8 nitrogen and oxygen atoms in total. The number of thiazole rings is 1. The highest BCUT2D eigenvalue weighted by molar-refractivity contribution is 7.89. The zero-order valence-corrected chi connectivity index (χ0v) is 20.1. The molecule has 0 aliphatic rings. The summed E-state index contributed by atoms with van der Waals surface area (Å²) in [5, 5.41) is 4.87. The number of nitrogens with zero attached hydrogens (tertiary/aromatic N) is 2. The molecule has 0 saturated heterocycles. The molecule has 0 aliphatic carbocycles. The Kier molecular flexibility index (Phi) is 7.86. The van der Waals surface area contributed by atoms with Gasteiger partial charge in [-0.05, 0) is 48.9 Å². The van der Waals surface area contributed by atoms with E-state index < -0.39 is 15.9 Å². The average Bonchev–Trinajstić information content (AvgIpc) is 3.25. The minimum absolute atomic E-state index is 0.0200. The third kappa shape index (κ3) is 5.45. The number of hydrogen-bond donors (Lipinski definition) is 1. The molecule has 0 aliphatic heterocycles. The van der Waals surface area contributed by atoms with Crippen molar-refractivity contribution in [1.82, 2.24) is 9.45 Å². The molecule has 170 valence electrons. The Morgan fingerprint density at radius 1 is 1.22 bits per heavy atom. The van der Waals surface area contributed by atoms with Crippen molar-refractivity contribution in [3.05, 3.63) is 58.4 Å². The lowest BCUT2D eigenvalue weighted by Crippen LogP contribution is -2.26. The van der Waals surface area contributed by atoms with Crippen LogP contribution in [-0.2, 0) is 14.9 Å². The fourth-order valence-corrected chi connectivity index (χ4v) is 4.84. The second-order valence-corrected chi connectivity index (χ2v) is 9.78. The van der Waals surface area contributed by atoms with Gasteiger partial charge in [0.05, 0.1) is 24.4 Å². The smallest absolute Gasteiger partial charge is 0.266 e. The van der Waals surface area contributed by atoms with Gasteiger partial charge in [-0.3, -0.25) is 14.9 Å². The van der Waals surface area contributed by atoms with E-state index in [1.165, 1.54) is 43.7 Å². The highest BCUT2D eigenvalue weighted by atomic mass is 35.5. The number of hydrogen-bond acceptors (Lipinski definition) is 7. The van der Waals surface area contributed by atoms with Crippen molar-refractivity contribution >= 4 is 44.0 Å². The van der Waals surface area contributed by atoms with Crippen LogP contribution in [0.15, 0.2) is 52.7 Å². The number of halogens is 1. The normalized spacial score (nSPS) is 11.5. The summed E-state index contributed by atoms with van der Waals surface area (Å²) in [7, 11) is -1.56. The lowest BCUT2D eigenvalue weighted by atomic mass is 10.2. The molecule has 1 amide bonds. The van der Waals surface area contributed by atoms with Gasteiger partial charge in [0.2, 0.25) is 0 Å². The molecule has 0 bridgehead atoms. The maximum atomic E-state index is 12.7. The van der Waals surface area contributed by atoms with Crippen molar-refractivity contribution in [3.8, 4) is 17.0 Å². The number of amides is 1. The predicted octanol–water partition coefficient (Wildman–Crippen LogP) is 4.69. The Morgan fingerprint density at radius 2 is 1.94 bits per heavy atom. The van der Waals surface area contributed by atoms with Gasteiger partial charge in [0, 0.05) is 23.6 Å². The maximum Gasteiger partial charge on any atom is 0.266 e. The van der Waals surface area contributed by atoms with Crippen LogP contribution in [0.5, 0.6) is 5.75 Å². The summed E-state index contributed by atoms with van der Waals surface area (Å²) in [5.74, 6) is 0.273. The Balaban J connectivity index is 1.76. The molecule has 11 heteroatoms. The number of hydroxylamine groups is 1. The first-order valence-corrected chi connectivity index (χ1v) is 12.3. The van der Waals surface area contributed by atoms with Crippen LogP contribution in [0.25, 0.3) is 11.3 Å². The molecule has 32 heavy (non-hydrogen) atoms. The Bertz CT molecular complexity index is 1200. The zero-order valence-electron chi connectivity index (χ0n) is 17.7. The van der Waals surface area contributed by atoms with E-state index in [1.807, 2.05) is 36.6 Å². The molecular weight excluding hydrogens is 474 g/mol. The molecular formula is C21H22ClN3O5S2. The van der Waals surface area contributed by atoms with Crippen LogP contribution in [0.1, 0.15) is 23.7 Å². The predicted molar refractivity (Wildman–Crippen MR) is 125 cm³/mol. The molecule has 1 heterocycles. The molecule has 3 aromatic rings. The summed E-state index contributed by atoms with van der Waals surface area (Å²) in [6, 6.07) is 11.5. The second-order valence-electron chi connectivity index (χ2n) is 6.61. The first-order valence-electron chi connectivity index (χ1n) is 9.59. The minimum Gasteiger partial charge on any atom is -0.494 e. The Labute approximate surface area is 195 Å². The average molecular weight is 496 g/mol. The van der Waals surface area contributed by atoms with Crippen LogP contribution in [0.4, 0.5) is 5.13 Å². The summed E-state index contributed by atoms with van der Waals surface area (Å²) in [6.45, 7) is 2.70. The van der Waals surface area contributed by atoms with Crippen molar-refractivity contribution in [1.29, 1.82) is 0 Å². The van der Waals surface area contributed by atoms with Crippen LogP contribution in [0.2, 0.25) is 5.02 Å². The first kappa shape index (κ1) is 24.1. The van der Waals surface area contributed by atoms with E-state index >= 15 is 0 Å². The number of carbonyl (C=O) groups excluding carboxylic acids is 1. The molecule has 0 saturated carbocycles. The lowest BCUT2D eigenvalue weighted by molar-refractivity contribution is -0.0258. The third-order valence-electron chi connectivity index (χ3n) is 4.41. The monoisotopic (exact) mass is 495 g/mol. The number of benzene rings is 2. The van der Waals surface area contributed by atoms with Crippen LogP contribution in [-0.4, -0.2) is 44.5 Å². The van der Waals surface area contributed by atoms with E-state index in [-0.39, 0.29) is 15.5 Å². The second kappa shape index (κ2) is 10.4. The zero-order chi connectivity index (χ0) is 23.3. The van der Waals surface area contributed by atoms with Crippen LogP contribution >= 0.6 is 22.9 Å². The fourth-order valence-electron chi connectivity index (χ4n) is 2.65. The number of nitrogens with one attached hydrogen (secondary N) is 1. The Morgan fingerprint density at radius 3 is 2.59 bits per heavy atom. The van der Waals surface area contributed by atoms with Crippen molar-refractivity contribution in [2.45, 2.75) is 18.2 Å². The molecule has 3 rings (SSSR count). The largest absolute Gasteiger partial charge is 0.494 e. The standard InChI is InChI=1S/C21H22ClN3O5S2/c1-4-11-30-16-8-5-14(6-9-16)18-13-31-21(23-18)24-20(26)15-7-10-17(22)19(12-15)32(27,28)25(2)29-3/h5-10,12-13H,4,11H2,1-3H3,(H,23,24,26). The number of ether oxygens (including phenoxy) is 1. The van der Waals surface area contributed by atoms with E-state index in [2.05, 4.69) is 10.3 Å². The first-order chi connectivity index (χ1) is 15.3. The van der Waals surface area contributed by atoms with E-state index in [4.69, 9.17) is 21.2 Å². The lowest BCUT2D eigenvalue weighted by Gasteiger charge is -2.15. The quantitative estimate of drug-likeness (QED) is 0.432. The van der Waals surface area contributed by atoms with Gasteiger partial charge < -0.3 is 4.74 Å². The summed E-state index contributed by atoms with van der Waals surface area (Å²) in [4.78, 5) is 21.7. The number of aromatic nitrogens is 1. The van der Waals surface area contributed by atoms with Gasteiger partial charge in [0.25, 0.3) is 15.9 Å². The molecule has 0 atom stereocenters. The molecule has 1 N–H and O–H groups in total. The summed E-state index contributed by atoms with van der Waals surface area (Å²) in [6.07, 6.45) is 0.932. The summed E-state index contributed by atoms with van der Waals surface area (Å²) in [5.41, 5.74) is 1.70. The number of carbonyl (C=O) groups is 1. The van der Waals surface area contributed by atoms with Gasteiger partial charge in [-0.15, -0.1) is 11.3 Å². The van der Waals surface area contributed by atoms with Gasteiger partial charge >= 0.3 is 0 Å². The summed E-state index contributed by atoms with van der Waals surface area (Å²) >= 11 is 7.30. The highest BCUT2D eigenvalue weighted by Crippen LogP contribution is 2.28. The summed E-state index contributed by atoms with van der Waals surface area (Å²) < 4.78 is 31.3. The fraction of sp³-hybridized carbons (Fsp3) is 0.238. The van der Waals surface area contributed by atoms with Gasteiger partial charge in [-0.2, -0.15) is 0 Å². The van der Waals surface area contributed by atoms with Crippen LogP contribution < -0.4 is 10.1 Å². The third-order valence-corrected chi connectivity index (χ3v) is 7.33. The number of anilines is 1. The molecule has 0 radical (unpaired) electrons. The van der Waals surface area contributed by atoms with E-state index in [9.17, 15) is 13.2 Å².